The monoisotopic (exact) mass is 466 g/mol. The SMILES string of the molecule is CCCNC(=O)C1CCc2c(c(C(=O)NC3C4CC5CC(C4)CC3C5)nn2C2CCCCC2)C1. The Morgan fingerprint density at radius 2 is 1.68 bits per heavy atom. The number of hydrogen-bond acceptors (Lipinski definition) is 3. The van der Waals surface area contributed by atoms with Crippen molar-refractivity contribution in [2.75, 3.05) is 6.54 Å². The van der Waals surface area contributed by atoms with Gasteiger partial charge in [-0.05, 0) is 94.3 Å². The highest BCUT2D eigenvalue weighted by Gasteiger charge is 2.49. The third-order valence-electron chi connectivity index (χ3n) is 9.88. The van der Waals surface area contributed by atoms with Gasteiger partial charge in [0.15, 0.2) is 5.69 Å². The van der Waals surface area contributed by atoms with Crippen molar-refractivity contribution in [2.45, 2.75) is 109 Å². The zero-order chi connectivity index (χ0) is 23.2. The van der Waals surface area contributed by atoms with E-state index >= 15 is 0 Å². The van der Waals surface area contributed by atoms with Crippen LogP contribution in [-0.2, 0) is 17.6 Å². The molecule has 1 heterocycles. The second kappa shape index (κ2) is 9.31. The molecule has 0 saturated heterocycles. The van der Waals surface area contributed by atoms with Crippen molar-refractivity contribution in [2.24, 2.45) is 29.6 Å². The van der Waals surface area contributed by atoms with E-state index in [0.717, 1.165) is 56.0 Å². The van der Waals surface area contributed by atoms with Crippen LogP contribution >= 0.6 is 0 Å². The predicted octanol–water partition coefficient (Wildman–Crippen LogP) is 4.57. The lowest BCUT2D eigenvalue weighted by molar-refractivity contribution is -0.125. The molecule has 1 unspecified atom stereocenters. The summed E-state index contributed by atoms with van der Waals surface area (Å²) in [5.74, 6) is 3.24. The van der Waals surface area contributed by atoms with E-state index in [-0.39, 0.29) is 17.7 Å². The Kier molecular flexibility index (Phi) is 6.19. The van der Waals surface area contributed by atoms with Gasteiger partial charge in [-0.2, -0.15) is 5.10 Å². The molecule has 5 saturated carbocycles. The molecule has 0 spiro atoms. The summed E-state index contributed by atoms with van der Waals surface area (Å²) < 4.78 is 2.22. The first-order valence-electron chi connectivity index (χ1n) is 14.3. The summed E-state index contributed by atoms with van der Waals surface area (Å²) in [6.45, 7) is 2.81. The maximum atomic E-state index is 13.8. The van der Waals surface area contributed by atoms with Crippen molar-refractivity contribution < 1.29 is 9.59 Å². The molecule has 0 radical (unpaired) electrons. The number of nitrogens with one attached hydrogen (secondary N) is 2. The molecule has 0 aliphatic heterocycles. The molecule has 186 valence electrons. The number of hydrogen-bond donors (Lipinski definition) is 2. The highest BCUT2D eigenvalue weighted by atomic mass is 16.2. The standard InChI is InChI=1S/C28H42N4O2/c1-2-10-29-27(33)19-8-9-24-23(16-19)26(31-32(24)22-6-4-3-5-7-22)28(34)30-25-20-12-17-11-18(14-20)15-21(25)13-17/h17-22,25H,2-16H2,1H3,(H,29,33)(H,30,34). The van der Waals surface area contributed by atoms with Crippen LogP contribution in [0.2, 0.25) is 0 Å². The number of carbonyl (C=O) groups is 2. The minimum Gasteiger partial charge on any atom is -0.356 e. The molecule has 6 nitrogen and oxygen atoms in total. The third kappa shape index (κ3) is 4.09. The van der Waals surface area contributed by atoms with Gasteiger partial charge >= 0.3 is 0 Å². The van der Waals surface area contributed by atoms with Gasteiger partial charge in [-0.3, -0.25) is 14.3 Å². The fourth-order valence-electron chi connectivity index (χ4n) is 8.45. The van der Waals surface area contributed by atoms with Gasteiger partial charge in [0, 0.05) is 29.8 Å². The number of aromatic nitrogens is 2. The molecular formula is C28H42N4O2. The van der Waals surface area contributed by atoms with Crippen molar-refractivity contribution in [1.29, 1.82) is 0 Å². The zero-order valence-electron chi connectivity index (χ0n) is 20.9. The largest absolute Gasteiger partial charge is 0.356 e. The van der Waals surface area contributed by atoms with E-state index in [1.807, 2.05) is 0 Å². The summed E-state index contributed by atoms with van der Waals surface area (Å²) >= 11 is 0. The second-order valence-electron chi connectivity index (χ2n) is 12.2. The highest BCUT2D eigenvalue weighted by Crippen LogP contribution is 2.53. The minimum atomic E-state index is -0.0456. The molecule has 7 rings (SSSR count). The van der Waals surface area contributed by atoms with E-state index < -0.39 is 0 Å². The van der Waals surface area contributed by atoms with Crippen LogP contribution in [0.3, 0.4) is 0 Å². The van der Waals surface area contributed by atoms with Crippen LogP contribution in [0, 0.1) is 29.6 Å². The van der Waals surface area contributed by atoms with Crippen molar-refractivity contribution in [1.82, 2.24) is 20.4 Å². The maximum Gasteiger partial charge on any atom is 0.272 e. The highest BCUT2D eigenvalue weighted by molar-refractivity contribution is 5.94. The second-order valence-corrected chi connectivity index (χ2v) is 12.2. The lowest BCUT2D eigenvalue weighted by atomic mass is 9.54. The number of rotatable bonds is 6. The van der Waals surface area contributed by atoms with Crippen LogP contribution in [-0.4, -0.2) is 34.2 Å². The molecule has 6 heteroatoms. The van der Waals surface area contributed by atoms with Crippen molar-refractivity contribution in [3.63, 3.8) is 0 Å². The summed E-state index contributed by atoms with van der Waals surface area (Å²) in [4.78, 5) is 26.6. The van der Waals surface area contributed by atoms with Gasteiger partial charge in [0.05, 0.1) is 6.04 Å². The molecule has 1 atom stereocenters. The Hall–Kier alpha value is -1.85. The quantitative estimate of drug-likeness (QED) is 0.645. The van der Waals surface area contributed by atoms with Gasteiger partial charge in [0.1, 0.15) is 0 Å². The molecule has 6 aliphatic rings. The van der Waals surface area contributed by atoms with Crippen LogP contribution in [0.5, 0.6) is 0 Å². The van der Waals surface area contributed by atoms with Gasteiger partial charge in [0.25, 0.3) is 5.91 Å². The minimum absolute atomic E-state index is 0.0258. The Labute approximate surface area is 204 Å². The van der Waals surface area contributed by atoms with E-state index in [4.69, 9.17) is 5.10 Å². The Morgan fingerprint density at radius 3 is 2.35 bits per heavy atom. The molecule has 5 fully saturated rings. The summed E-state index contributed by atoms with van der Waals surface area (Å²) in [6, 6.07) is 0.735. The lowest BCUT2D eigenvalue weighted by Crippen LogP contribution is -2.56. The first-order chi connectivity index (χ1) is 16.6. The van der Waals surface area contributed by atoms with E-state index in [0.29, 0.717) is 36.0 Å². The normalized spacial score (nSPS) is 34.6. The van der Waals surface area contributed by atoms with Gasteiger partial charge in [-0.15, -0.1) is 0 Å². The maximum absolute atomic E-state index is 13.8. The average Bonchev–Trinajstić information content (AvgIpc) is 3.24. The van der Waals surface area contributed by atoms with E-state index in [2.05, 4.69) is 22.2 Å². The zero-order valence-corrected chi connectivity index (χ0v) is 20.9. The number of nitrogens with zero attached hydrogens (tertiary/aromatic N) is 2. The van der Waals surface area contributed by atoms with Crippen molar-refractivity contribution in [3.05, 3.63) is 17.0 Å². The van der Waals surface area contributed by atoms with E-state index in [1.165, 1.54) is 57.1 Å². The van der Waals surface area contributed by atoms with Gasteiger partial charge in [-0.25, -0.2) is 0 Å². The van der Waals surface area contributed by atoms with Crippen LogP contribution in [0.4, 0.5) is 0 Å². The van der Waals surface area contributed by atoms with Gasteiger partial charge < -0.3 is 10.6 Å². The number of carbonyl (C=O) groups excluding carboxylic acids is 2. The van der Waals surface area contributed by atoms with E-state index in [9.17, 15) is 9.59 Å². The predicted molar refractivity (Wildman–Crippen MR) is 131 cm³/mol. The third-order valence-corrected chi connectivity index (χ3v) is 9.88. The molecule has 1 aromatic heterocycles. The molecule has 0 aromatic carbocycles. The van der Waals surface area contributed by atoms with Gasteiger partial charge in [-0.1, -0.05) is 26.2 Å². The fraction of sp³-hybridized carbons (Fsp3) is 0.821. The molecule has 2 N–H and O–H groups in total. The summed E-state index contributed by atoms with van der Waals surface area (Å²) in [5.41, 5.74) is 2.93. The Morgan fingerprint density at radius 1 is 0.971 bits per heavy atom. The fourth-order valence-corrected chi connectivity index (χ4v) is 8.45. The van der Waals surface area contributed by atoms with Crippen LogP contribution in [0.25, 0.3) is 0 Å². The molecule has 34 heavy (non-hydrogen) atoms. The van der Waals surface area contributed by atoms with Gasteiger partial charge in [0.2, 0.25) is 5.91 Å². The first-order valence-corrected chi connectivity index (χ1v) is 14.3. The van der Waals surface area contributed by atoms with Crippen LogP contribution < -0.4 is 10.6 Å². The van der Waals surface area contributed by atoms with Crippen molar-refractivity contribution >= 4 is 11.8 Å². The molecular weight excluding hydrogens is 424 g/mol. The Balaban J connectivity index is 1.26. The van der Waals surface area contributed by atoms with E-state index in [1.54, 1.807) is 0 Å². The molecule has 2 amide bonds. The Bertz CT molecular complexity index is 903. The molecule has 6 aliphatic carbocycles. The molecule has 1 aromatic rings. The topological polar surface area (TPSA) is 76.0 Å². The average molecular weight is 467 g/mol. The first kappa shape index (κ1) is 22.6. The summed E-state index contributed by atoms with van der Waals surface area (Å²) in [7, 11) is 0. The summed E-state index contributed by atoms with van der Waals surface area (Å²) in [5, 5.41) is 11.6. The number of amides is 2. The summed E-state index contributed by atoms with van der Waals surface area (Å²) in [6.07, 6.45) is 16.0. The van der Waals surface area contributed by atoms with Crippen molar-refractivity contribution in [3.8, 4) is 0 Å². The van der Waals surface area contributed by atoms with Crippen LogP contribution in [0.15, 0.2) is 0 Å². The van der Waals surface area contributed by atoms with Crippen LogP contribution in [0.1, 0.15) is 112 Å². The number of fused-ring (bicyclic) bond motifs is 1. The smallest absolute Gasteiger partial charge is 0.272 e. The lowest BCUT2D eigenvalue weighted by Gasteiger charge is -2.54. The molecule has 4 bridgehead atoms.